The zero-order chi connectivity index (χ0) is 15.1. The van der Waals surface area contributed by atoms with Crippen LogP contribution in [0, 0.1) is 29.6 Å². The molecule has 0 saturated carbocycles. The fourth-order valence-electron chi connectivity index (χ4n) is 1.80. The maximum Gasteiger partial charge on any atom is 0.139 e. The molecule has 6 heteroatoms. The third-order valence-electron chi connectivity index (χ3n) is 2.82. The predicted molar refractivity (Wildman–Crippen MR) is 78.5 cm³/mol. The van der Waals surface area contributed by atoms with Crippen LogP contribution in [0.25, 0.3) is 0 Å². The van der Waals surface area contributed by atoms with Crippen LogP contribution in [-0.2, 0) is 0 Å². The summed E-state index contributed by atoms with van der Waals surface area (Å²) in [6, 6.07) is 4.14. The standard InChI is InChI=1S/C14H20N6/c1-5-17-13-11(4)14(19-12(18-13)10(2)3)20(8-6-15)9-7-16/h10H,5,8-9H2,1-4H3,(H,17,18,19). The largest absolute Gasteiger partial charge is 0.370 e. The molecule has 0 atom stereocenters. The first-order valence-corrected chi connectivity index (χ1v) is 6.66. The van der Waals surface area contributed by atoms with E-state index < -0.39 is 0 Å². The van der Waals surface area contributed by atoms with Gasteiger partial charge in [-0.25, -0.2) is 9.97 Å². The van der Waals surface area contributed by atoms with Crippen molar-refractivity contribution in [2.75, 3.05) is 29.9 Å². The van der Waals surface area contributed by atoms with E-state index in [1.165, 1.54) is 0 Å². The molecule has 106 valence electrons. The molecule has 0 fully saturated rings. The second-order valence-corrected chi connectivity index (χ2v) is 4.74. The van der Waals surface area contributed by atoms with Crippen molar-refractivity contribution < 1.29 is 0 Å². The molecule has 1 aromatic heterocycles. The zero-order valence-corrected chi connectivity index (χ0v) is 12.4. The summed E-state index contributed by atoms with van der Waals surface area (Å²) >= 11 is 0. The second kappa shape index (κ2) is 7.30. The van der Waals surface area contributed by atoms with Gasteiger partial charge >= 0.3 is 0 Å². The van der Waals surface area contributed by atoms with Gasteiger partial charge < -0.3 is 10.2 Å². The number of hydrogen-bond donors (Lipinski definition) is 1. The lowest BCUT2D eigenvalue weighted by atomic mass is 10.2. The molecule has 0 aliphatic rings. The molecule has 1 rings (SSSR count). The average Bonchev–Trinajstić information content (AvgIpc) is 2.41. The minimum absolute atomic E-state index is 0.133. The number of hydrogen-bond acceptors (Lipinski definition) is 6. The normalized spacial score (nSPS) is 9.95. The molecule has 1 N–H and O–H groups in total. The molecule has 1 aromatic rings. The van der Waals surface area contributed by atoms with Crippen molar-refractivity contribution in [2.45, 2.75) is 33.6 Å². The predicted octanol–water partition coefficient (Wildman–Crippen LogP) is 2.19. The van der Waals surface area contributed by atoms with Gasteiger partial charge in [-0.3, -0.25) is 0 Å². The second-order valence-electron chi connectivity index (χ2n) is 4.74. The van der Waals surface area contributed by atoms with E-state index in [2.05, 4.69) is 27.4 Å². The molecule has 0 saturated heterocycles. The van der Waals surface area contributed by atoms with Crippen molar-refractivity contribution in [2.24, 2.45) is 0 Å². The van der Waals surface area contributed by atoms with Gasteiger partial charge in [-0.15, -0.1) is 0 Å². The minimum Gasteiger partial charge on any atom is -0.370 e. The Morgan fingerprint density at radius 1 is 1.20 bits per heavy atom. The Kier molecular flexibility index (Phi) is 5.74. The van der Waals surface area contributed by atoms with Crippen molar-refractivity contribution >= 4 is 11.6 Å². The Morgan fingerprint density at radius 3 is 2.25 bits per heavy atom. The Morgan fingerprint density at radius 2 is 1.80 bits per heavy atom. The van der Waals surface area contributed by atoms with Crippen molar-refractivity contribution in [3.05, 3.63) is 11.4 Å². The van der Waals surface area contributed by atoms with Gasteiger partial charge in [0.25, 0.3) is 0 Å². The van der Waals surface area contributed by atoms with E-state index in [-0.39, 0.29) is 19.0 Å². The van der Waals surface area contributed by atoms with Crippen molar-refractivity contribution in [1.82, 2.24) is 9.97 Å². The Labute approximate surface area is 120 Å². The first kappa shape index (κ1) is 15.7. The molecule has 6 nitrogen and oxygen atoms in total. The first-order chi connectivity index (χ1) is 9.54. The van der Waals surface area contributed by atoms with Gasteiger partial charge in [-0.2, -0.15) is 10.5 Å². The first-order valence-electron chi connectivity index (χ1n) is 6.66. The highest BCUT2D eigenvalue weighted by Gasteiger charge is 2.17. The highest BCUT2D eigenvalue weighted by molar-refractivity contribution is 5.59. The Hall–Kier alpha value is -2.34. The van der Waals surface area contributed by atoms with Crippen LogP contribution in [0.4, 0.5) is 11.6 Å². The van der Waals surface area contributed by atoms with Gasteiger partial charge in [0.15, 0.2) is 0 Å². The lowest BCUT2D eigenvalue weighted by Crippen LogP contribution is -2.27. The fraction of sp³-hybridized carbons (Fsp3) is 0.571. The van der Waals surface area contributed by atoms with Gasteiger partial charge in [-0.1, -0.05) is 13.8 Å². The van der Waals surface area contributed by atoms with E-state index in [0.717, 1.165) is 17.9 Å². The van der Waals surface area contributed by atoms with E-state index >= 15 is 0 Å². The van der Waals surface area contributed by atoms with E-state index in [9.17, 15) is 0 Å². The summed E-state index contributed by atoms with van der Waals surface area (Å²) < 4.78 is 0. The van der Waals surface area contributed by atoms with E-state index in [1.54, 1.807) is 4.90 Å². The zero-order valence-electron chi connectivity index (χ0n) is 12.4. The molecule has 0 aliphatic carbocycles. The molecule has 0 aliphatic heterocycles. The van der Waals surface area contributed by atoms with Gasteiger partial charge in [0.05, 0.1) is 12.1 Å². The lowest BCUT2D eigenvalue weighted by molar-refractivity contribution is 0.762. The van der Waals surface area contributed by atoms with Crippen LogP contribution in [0.15, 0.2) is 0 Å². The van der Waals surface area contributed by atoms with E-state index in [0.29, 0.717) is 11.6 Å². The Bertz CT molecular complexity index is 522. The molecule has 0 amide bonds. The summed E-state index contributed by atoms with van der Waals surface area (Å²) in [4.78, 5) is 10.7. The van der Waals surface area contributed by atoms with Gasteiger partial charge in [-0.05, 0) is 13.8 Å². The molecule has 0 unspecified atom stereocenters. The molecule has 0 bridgehead atoms. The molecular weight excluding hydrogens is 252 g/mol. The van der Waals surface area contributed by atoms with E-state index in [4.69, 9.17) is 10.5 Å². The monoisotopic (exact) mass is 272 g/mol. The number of nitrogens with one attached hydrogen (secondary N) is 1. The SMILES string of the molecule is CCNc1nc(C(C)C)nc(N(CC#N)CC#N)c1C. The molecule has 0 aromatic carbocycles. The molecule has 0 spiro atoms. The van der Waals surface area contributed by atoms with Crippen LogP contribution >= 0.6 is 0 Å². The Balaban J connectivity index is 3.35. The van der Waals surface area contributed by atoms with Crippen molar-refractivity contribution in [3.8, 4) is 12.1 Å². The van der Waals surface area contributed by atoms with Crippen LogP contribution in [0.3, 0.4) is 0 Å². The van der Waals surface area contributed by atoms with Crippen LogP contribution in [-0.4, -0.2) is 29.6 Å². The number of anilines is 2. The average molecular weight is 272 g/mol. The fourth-order valence-corrected chi connectivity index (χ4v) is 1.80. The lowest BCUT2D eigenvalue weighted by Gasteiger charge is -2.22. The van der Waals surface area contributed by atoms with Gasteiger partial charge in [0.2, 0.25) is 0 Å². The van der Waals surface area contributed by atoms with Crippen LogP contribution in [0.1, 0.15) is 38.1 Å². The summed E-state index contributed by atoms with van der Waals surface area (Å²) in [6.45, 7) is 8.96. The van der Waals surface area contributed by atoms with Crippen LogP contribution in [0.2, 0.25) is 0 Å². The summed E-state index contributed by atoms with van der Waals surface area (Å²) in [5, 5.41) is 21.0. The third kappa shape index (κ3) is 3.58. The topological polar surface area (TPSA) is 88.6 Å². The smallest absolute Gasteiger partial charge is 0.139 e. The summed E-state index contributed by atoms with van der Waals surface area (Å²) in [6.07, 6.45) is 0. The maximum atomic E-state index is 8.91. The van der Waals surface area contributed by atoms with Crippen molar-refractivity contribution in [1.29, 1.82) is 10.5 Å². The quantitative estimate of drug-likeness (QED) is 0.798. The molecule has 20 heavy (non-hydrogen) atoms. The van der Waals surface area contributed by atoms with Crippen LogP contribution < -0.4 is 10.2 Å². The minimum atomic E-state index is 0.133. The number of nitrogens with zero attached hydrogens (tertiary/aromatic N) is 5. The highest BCUT2D eigenvalue weighted by Crippen LogP contribution is 2.25. The van der Waals surface area contributed by atoms with Gasteiger partial charge in [0.1, 0.15) is 30.5 Å². The summed E-state index contributed by atoms with van der Waals surface area (Å²) in [5.74, 6) is 2.31. The molecule has 1 heterocycles. The van der Waals surface area contributed by atoms with Crippen LogP contribution in [0.5, 0.6) is 0 Å². The summed E-state index contributed by atoms with van der Waals surface area (Å²) in [7, 11) is 0. The molecular formula is C14H20N6. The maximum absolute atomic E-state index is 8.91. The number of nitriles is 2. The number of aromatic nitrogens is 2. The molecule has 0 radical (unpaired) electrons. The summed E-state index contributed by atoms with van der Waals surface area (Å²) in [5.41, 5.74) is 0.863. The van der Waals surface area contributed by atoms with Crippen molar-refractivity contribution in [3.63, 3.8) is 0 Å². The van der Waals surface area contributed by atoms with Gasteiger partial charge in [0, 0.05) is 18.0 Å². The number of rotatable bonds is 6. The third-order valence-corrected chi connectivity index (χ3v) is 2.82. The highest BCUT2D eigenvalue weighted by atomic mass is 15.2. The van der Waals surface area contributed by atoms with E-state index in [1.807, 2.05) is 27.7 Å².